The van der Waals surface area contributed by atoms with Crippen LogP contribution >= 0.6 is 0 Å². The van der Waals surface area contributed by atoms with Crippen LogP contribution in [0.5, 0.6) is 0 Å². The van der Waals surface area contributed by atoms with E-state index >= 15 is 0 Å². The van der Waals surface area contributed by atoms with Gasteiger partial charge in [0.25, 0.3) is 0 Å². The summed E-state index contributed by atoms with van der Waals surface area (Å²) in [6.45, 7) is 0. The standard InChI is InChI=1S/C10H9N3O/c11-10-9-7-4-14-3-6(7)1-2-8(9)12-5-13-10/h1-5,10H,11H2,(H,12,13). The molecule has 0 amide bonds. The Morgan fingerprint density at radius 2 is 2.29 bits per heavy atom. The van der Waals surface area contributed by atoms with Crippen molar-refractivity contribution < 1.29 is 4.42 Å². The molecule has 0 radical (unpaired) electrons. The van der Waals surface area contributed by atoms with Crippen LogP contribution in [-0.2, 0) is 0 Å². The van der Waals surface area contributed by atoms with Crippen molar-refractivity contribution in [3.8, 4) is 0 Å². The average Bonchev–Trinajstić information content (AvgIpc) is 2.65. The van der Waals surface area contributed by atoms with Crippen LogP contribution in [0, 0.1) is 0 Å². The molecule has 0 saturated carbocycles. The highest BCUT2D eigenvalue weighted by Gasteiger charge is 2.17. The Morgan fingerprint density at radius 3 is 3.21 bits per heavy atom. The molecule has 1 atom stereocenters. The second-order valence-electron chi connectivity index (χ2n) is 3.27. The topological polar surface area (TPSA) is 63.5 Å². The van der Waals surface area contributed by atoms with Gasteiger partial charge in [0.05, 0.1) is 18.9 Å². The Morgan fingerprint density at radius 1 is 1.36 bits per heavy atom. The Kier molecular flexibility index (Phi) is 1.40. The van der Waals surface area contributed by atoms with Crippen LogP contribution in [0.2, 0.25) is 0 Å². The fourth-order valence-electron chi connectivity index (χ4n) is 1.77. The lowest BCUT2D eigenvalue weighted by Crippen LogP contribution is -2.16. The molecule has 4 heteroatoms. The maximum absolute atomic E-state index is 5.89. The van der Waals surface area contributed by atoms with E-state index in [2.05, 4.69) is 10.3 Å². The summed E-state index contributed by atoms with van der Waals surface area (Å²) in [5.41, 5.74) is 7.89. The van der Waals surface area contributed by atoms with Gasteiger partial charge in [0.2, 0.25) is 0 Å². The van der Waals surface area contributed by atoms with E-state index in [1.54, 1.807) is 18.9 Å². The first kappa shape index (κ1) is 7.58. The van der Waals surface area contributed by atoms with Gasteiger partial charge in [-0.05, 0) is 12.1 Å². The summed E-state index contributed by atoms with van der Waals surface area (Å²) in [4.78, 5) is 4.10. The summed E-state index contributed by atoms with van der Waals surface area (Å²) >= 11 is 0. The van der Waals surface area contributed by atoms with Crippen molar-refractivity contribution in [3.63, 3.8) is 0 Å². The second-order valence-corrected chi connectivity index (χ2v) is 3.27. The predicted octanol–water partition coefficient (Wildman–Crippen LogP) is 1.84. The molecule has 70 valence electrons. The molecule has 4 nitrogen and oxygen atoms in total. The van der Waals surface area contributed by atoms with Gasteiger partial charge in [0, 0.05) is 22.0 Å². The average molecular weight is 187 g/mol. The molecule has 2 aromatic rings. The molecule has 2 heterocycles. The van der Waals surface area contributed by atoms with E-state index in [-0.39, 0.29) is 6.17 Å². The van der Waals surface area contributed by atoms with E-state index in [9.17, 15) is 0 Å². The van der Waals surface area contributed by atoms with Crippen molar-refractivity contribution in [2.45, 2.75) is 6.17 Å². The molecule has 1 aromatic carbocycles. The largest absolute Gasteiger partial charge is 0.471 e. The Balaban J connectivity index is 2.38. The van der Waals surface area contributed by atoms with Gasteiger partial charge in [-0.2, -0.15) is 0 Å². The summed E-state index contributed by atoms with van der Waals surface area (Å²) in [7, 11) is 0. The van der Waals surface area contributed by atoms with Crippen molar-refractivity contribution >= 4 is 22.8 Å². The van der Waals surface area contributed by atoms with E-state index in [4.69, 9.17) is 10.2 Å². The molecule has 0 fully saturated rings. The molecule has 0 spiro atoms. The Hall–Kier alpha value is -1.81. The summed E-state index contributed by atoms with van der Waals surface area (Å²) in [5, 5.41) is 5.14. The third kappa shape index (κ3) is 0.885. The number of hydrogen-bond acceptors (Lipinski definition) is 4. The summed E-state index contributed by atoms with van der Waals surface area (Å²) in [6, 6.07) is 3.98. The summed E-state index contributed by atoms with van der Waals surface area (Å²) < 4.78 is 5.14. The van der Waals surface area contributed by atoms with Gasteiger partial charge >= 0.3 is 0 Å². The van der Waals surface area contributed by atoms with Crippen LogP contribution in [0.25, 0.3) is 10.8 Å². The minimum absolute atomic E-state index is 0.299. The molecular weight excluding hydrogens is 178 g/mol. The van der Waals surface area contributed by atoms with Gasteiger partial charge in [-0.1, -0.05) is 0 Å². The Bertz CT molecular complexity index is 515. The van der Waals surface area contributed by atoms with Crippen LogP contribution in [0.1, 0.15) is 11.7 Å². The second kappa shape index (κ2) is 2.59. The van der Waals surface area contributed by atoms with Crippen LogP contribution in [-0.4, -0.2) is 6.34 Å². The van der Waals surface area contributed by atoms with E-state index in [1.165, 1.54) is 0 Å². The van der Waals surface area contributed by atoms with E-state index in [0.29, 0.717) is 0 Å². The lowest BCUT2D eigenvalue weighted by Gasteiger charge is -2.18. The minimum Gasteiger partial charge on any atom is -0.471 e. The summed E-state index contributed by atoms with van der Waals surface area (Å²) in [6.07, 6.45) is 4.74. The predicted molar refractivity (Wildman–Crippen MR) is 55.3 cm³/mol. The van der Waals surface area contributed by atoms with E-state index < -0.39 is 0 Å². The van der Waals surface area contributed by atoms with Gasteiger partial charge in [-0.25, -0.2) is 0 Å². The van der Waals surface area contributed by atoms with Gasteiger partial charge in [-0.3, -0.25) is 4.99 Å². The van der Waals surface area contributed by atoms with Crippen molar-refractivity contribution in [2.24, 2.45) is 10.7 Å². The number of aliphatic imine (C=N–C) groups is 1. The molecule has 14 heavy (non-hydrogen) atoms. The molecule has 0 saturated heterocycles. The fourth-order valence-corrected chi connectivity index (χ4v) is 1.77. The first-order valence-corrected chi connectivity index (χ1v) is 4.39. The number of hydrogen-bond donors (Lipinski definition) is 2. The smallest absolute Gasteiger partial charge is 0.127 e. The highest BCUT2D eigenvalue weighted by Crippen LogP contribution is 2.33. The fraction of sp³-hybridized carbons (Fsp3) is 0.100. The monoisotopic (exact) mass is 187 g/mol. The normalized spacial score (nSPS) is 19.4. The van der Waals surface area contributed by atoms with Crippen LogP contribution < -0.4 is 11.1 Å². The van der Waals surface area contributed by atoms with E-state index in [1.807, 2.05) is 12.1 Å². The molecule has 0 aliphatic carbocycles. The quantitative estimate of drug-likeness (QED) is 0.661. The lowest BCUT2D eigenvalue weighted by molar-refractivity contribution is 0.572. The maximum atomic E-state index is 5.89. The number of furan rings is 1. The molecule has 1 unspecified atom stereocenters. The number of anilines is 1. The highest BCUT2D eigenvalue weighted by atomic mass is 16.3. The summed E-state index contributed by atoms with van der Waals surface area (Å²) in [5.74, 6) is 0. The van der Waals surface area contributed by atoms with Gasteiger partial charge in [0.1, 0.15) is 6.17 Å². The third-order valence-corrected chi connectivity index (χ3v) is 2.45. The number of nitrogens with two attached hydrogens (primary N) is 1. The van der Waals surface area contributed by atoms with Gasteiger partial charge in [-0.15, -0.1) is 0 Å². The van der Waals surface area contributed by atoms with Gasteiger partial charge in [0.15, 0.2) is 0 Å². The maximum Gasteiger partial charge on any atom is 0.127 e. The molecule has 1 aliphatic heterocycles. The lowest BCUT2D eigenvalue weighted by atomic mass is 10.0. The van der Waals surface area contributed by atoms with Gasteiger partial charge < -0.3 is 15.5 Å². The van der Waals surface area contributed by atoms with Crippen LogP contribution in [0.15, 0.2) is 34.1 Å². The zero-order chi connectivity index (χ0) is 9.54. The van der Waals surface area contributed by atoms with Crippen molar-refractivity contribution in [2.75, 3.05) is 5.32 Å². The molecule has 1 aliphatic rings. The van der Waals surface area contributed by atoms with Crippen molar-refractivity contribution in [3.05, 3.63) is 30.2 Å². The van der Waals surface area contributed by atoms with Crippen LogP contribution in [0.4, 0.5) is 5.69 Å². The first-order chi connectivity index (χ1) is 6.86. The number of nitrogens with zero attached hydrogens (tertiary/aromatic N) is 1. The van der Waals surface area contributed by atoms with E-state index in [0.717, 1.165) is 22.0 Å². The number of nitrogens with one attached hydrogen (secondary N) is 1. The molecule has 3 rings (SSSR count). The molecular formula is C10H9N3O. The highest BCUT2D eigenvalue weighted by molar-refractivity contribution is 5.94. The zero-order valence-electron chi connectivity index (χ0n) is 7.40. The van der Waals surface area contributed by atoms with Crippen molar-refractivity contribution in [1.29, 1.82) is 0 Å². The number of fused-ring (bicyclic) bond motifs is 3. The molecule has 3 N–H and O–H groups in total. The molecule has 0 bridgehead atoms. The van der Waals surface area contributed by atoms with Crippen molar-refractivity contribution in [1.82, 2.24) is 0 Å². The Labute approximate surface area is 80.4 Å². The molecule has 1 aromatic heterocycles. The SMILES string of the molecule is NC1N=CNc2ccc3cocc3c21. The zero-order valence-corrected chi connectivity index (χ0v) is 7.40. The third-order valence-electron chi connectivity index (χ3n) is 2.45. The first-order valence-electron chi connectivity index (χ1n) is 4.39. The van der Waals surface area contributed by atoms with Crippen LogP contribution in [0.3, 0.4) is 0 Å². The number of rotatable bonds is 0. The number of benzene rings is 1. The minimum atomic E-state index is -0.299.